The summed E-state index contributed by atoms with van der Waals surface area (Å²) in [7, 11) is 1.60. The summed E-state index contributed by atoms with van der Waals surface area (Å²) < 4.78 is 1.36. The first-order chi connectivity index (χ1) is 9.51. The Morgan fingerprint density at radius 3 is 2.60 bits per heavy atom. The van der Waals surface area contributed by atoms with E-state index in [1.165, 1.54) is 16.9 Å². The van der Waals surface area contributed by atoms with E-state index in [0.29, 0.717) is 11.3 Å². The Morgan fingerprint density at radius 1 is 1.30 bits per heavy atom. The number of hydrogen-bond donors (Lipinski definition) is 1. The van der Waals surface area contributed by atoms with Crippen molar-refractivity contribution in [1.29, 1.82) is 0 Å². The summed E-state index contributed by atoms with van der Waals surface area (Å²) >= 11 is 0. The summed E-state index contributed by atoms with van der Waals surface area (Å²) in [6, 6.07) is 4.71. The van der Waals surface area contributed by atoms with Gasteiger partial charge in [-0.3, -0.25) is 24.9 Å². The zero-order valence-electron chi connectivity index (χ0n) is 10.5. The number of nitro groups is 2. The Hall–Kier alpha value is -2.97. The second kappa shape index (κ2) is 5.34. The molecule has 0 saturated carbocycles. The second-order valence-corrected chi connectivity index (χ2v) is 4.01. The number of aromatic nitrogens is 2. The van der Waals surface area contributed by atoms with Gasteiger partial charge in [0.25, 0.3) is 5.69 Å². The molecule has 0 aliphatic rings. The van der Waals surface area contributed by atoms with Gasteiger partial charge in [-0.1, -0.05) is 6.07 Å². The first kappa shape index (κ1) is 13.5. The van der Waals surface area contributed by atoms with Crippen LogP contribution in [0.15, 0.2) is 30.6 Å². The molecule has 0 spiro atoms. The van der Waals surface area contributed by atoms with Crippen LogP contribution < -0.4 is 5.32 Å². The van der Waals surface area contributed by atoms with Gasteiger partial charge in [0.2, 0.25) is 0 Å². The van der Waals surface area contributed by atoms with Crippen LogP contribution in [0.3, 0.4) is 0 Å². The van der Waals surface area contributed by atoms with Crippen LogP contribution in [-0.2, 0) is 6.54 Å². The van der Waals surface area contributed by atoms with Crippen molar-refractivity contribution in [3.05, 3.63) is 56.4 Å². The number of rotatable bonds is 5. The van der Waals surface area contributed by atoms with Gasteiger partial charge in [-0.15, -0.1) is 0 Å². The number of benzene rings is 1. The van der Waals surface area contributed by atoms with Gasteiger partial charge in [0.1, 0.15) is 18.1 Å². The van der Waals surface area contributed by atoms with Crippen LogP contribution in [0.2, 0.25) is 0 Å². The third-order valence-electron chi connectivity index (χ3n) is 2.70. The van der Waals surface area contributed by atoms with Crippen molar-refractivity contribution in [2.45, 2.75) is 6.54 Å². The molecule has 0 aliphatic carbocycles. The molecule has 1 heterocycles. The number of nitrogens with one attached hydrogen (secondary N) is 1. The summed E-state index contributed by atoms with van der Waals surface area (Å²) in [4.78, 5) is 20.5. The van der Waals surface area contributed by atoms with E-state index in [1.807, 2.05) is 0 Å². The van der Waals surface area contributed by atoms with Crippen LogP contribution in [0.1, 0.15) is 5.56 Å². The van der Waals surface area contributed by atoms with Crippen molar-refractivity contribution >= 4 is 17.1 Å². The molecule has 0 unspecified atom stereocenters. The van der Waals surface area contributed by atoms with E-state index in [9.17, 15) is 20.2 Å². The van der Waals surface area contributed by atoms with Gasteiger partial charge in [0, 0.05) is 13.1 Å². The minimum atomic E-state index is -0.546. The summed E-state index contributed by atoms with van der Waals surface area (Å²) in [6.07, 6.45) is 2.41. The average molecular weight is 277 g/mol. The molecule has 0 bridgehead atoms. The van der Waals surface area contributed by atoms with E-state index < -0.39 is 9.85 Å². The fourth-order valence-corrected chi connectivity index (χ4v) is 1.76. The summed E-state index contributed by atoms with van der Waals surface area (Å²) in [5.74, 6) is 0. The van der Waals surface area contributed by atoms with Gasteiger partial charge >= 0.3 is 5.69 Å². The van der Waals surface area contributed by atoms with Crippen molar-refractivity contribution in [2.24, 2.45) is 0 Å². The fraction of sp³-hybridized carbons (Fsp3) is 0.182. The van der Waals surface area contributed by atoms with Crippen molar-refractivity contribution < 1.29 is 9.85 Å². The first-order valence-corrected chi connectivity index (χ1v) is 5.63. The molecule has 2 rings (SSSR count). The van der Waals surface area contributed by atoms with Crippen LogP contribution >= 0.6 is 0 Å². The highest BCUT2D eigenvalue weighted by atomic mass is 16.6. The number of anilines is 1. The van der Waals surface area contributed by atoms with Gasteiger partial charge in [-0.2, -0.15) is 5.10 Å². The molecule has 0 amide bonds. The van der Waals surface area contributed by atoms with Crippen molar-refractivity contribution in [1.82, 2.24) is 9.78 Å². The summed E-state index contributed by atoms with van der Waals surface area (Å²) in [5, 5.41) is 28.1. The van der Waals surface area contributed by atoms with Crippen molar-refractivity contribution in [3.8, 4) is 0 Å². The van der Waals surface area contributed by atoms with Crippen LogP contribution in [0.4, 0.5) is 17.1 Å². The average Bonchev–Trinajstić information content (AvgIpc) is 2.87. The van der Waals surface area contributed by atoms with Crippen LogP contribution in [0.25, 0.3) is 0 Å². The summed E-state index contributed by atoms with van der Waals surface area (Å²) in [5.41, 5.74) is 0.872. The maximum atomic E-state index is 10.9. The Bertz CT molecular complexity index is 667. The topological polar surface area (TPSA) is 116 Å². The predicted molar refractivity (Wildman–Crippen MR) is 70.6 cm³/mol. The Balaban J connectivity index is 2.26. The minimum Gasteiger partial charge on any atom is -0.383 e. The molecule has 2 aromatic rings. The van der Waals surface area contributed by atoms with Crippen LogP contribution in [0, 0.1) is 20.2 Å². The van der Waals surface area contributed by atoms with E-state index in [-0.39, 0.29) is 17.9 Å². The van der Waals surface area contributed by atoms with Crippen LogP contribution in [0.5, 0.6) is 0 Å². The lowest BCUT2D eigenvalue weighted by Crippen LogP contribution is -2.02. The smallest absolute Gasteiger partial charge is 0.307 e. The molecule has 0 fully saturated rings. The zero-order valence-corrected chi connectivity index (χ0v) is 10.5. The normalized spacial score (nSPS) is 10.2. The molecule has 0 atom stereocenters. The Morgan fingerprint density at radius 2 is 2.05 bits per heavy atom. The molecule has 20 heavy (non-hydrogen) atoms. The van der Waals surface area contributed by atoms with Crippen LogP contribution in [-0.4, -0.2) is 26.7 Å². The molecule has 1 aromatic heterocycles. The maximum Gasteiger partial charge on any atom is 0.307 e. The lowest BCUT2D eigenvalue weighted by atomic mass is 10.1. The monoisotopic (exact) mass is 277 g/mol. The third-order valence-corrected chi connectivity index (χ3v) is 2.70. The largest absolute Gasteiger partial charge is 0.383 e. The van der Waals surface area contributed by atoms with Crippen molar-refractivity contribution in [2.75, 3.05) is 12.4 Å². The molecule has 1 N–H and O–H groups in total. The molecular weight excluding hydrogens is 266 g/mol. The standard InChI is InChI=1S/C11H11N5O4/c1-12-10-3-2-8(4-11(10)16(19)20)6-14-7-9(5-13-14)15(17)18/h2-5,7,12H,6H2,1H3. The molecule has 1 aromatic carbocycles. The summed E-state index contributed by atoms with van der Waals surface area (Å²) in [6.45, 7) is 0.221. The quantitative estimate of drug-likeness (QED) is 0.657. The molecule has 104 valence electrons. The molecule has 0 radical (unpaired) electrons. The highest BCUT2D eigenvalue weighted by molar-refractivity contribution is 5.62. The highest BCUT2D eigenvalue weighted by Crippen LogP contribution is 2.25. The first-order valence-electron chi connectivity index (χ1n) is 5.63. The number of nitro benzene ring substituents is 1. The molecule has 0 aliphatic heterocycles. The maximum absolute atomic E-state index is 10.9. The van der Waals surface area contributed by atoms with E-state index in [2.05, 4.69) is 10.4 Å². The lowest BCUT2D eigenvalue weighted by Gasteiger charge is -2.05. The SMILES string of the molecule is CNc1ccc(Cn2cc([N+](=O)[O-])cn2)cc1[N+](=O)[O-]. The van der Waals surface area contributed by atoms with Crippen molar-refractivity contribution in [3.63, 3.8) is 0 Å². The number of nitrogens with zero attached hydrogens (tertiary/aromatic N) is 4. The highest BCUT2D eigenvalue weighted by Gasteiger charge is 2.14. The Labute approximate surface area is 113 Å². The predicted octanol–water partition coefficient (Wildman–Crippen LogP) is 1.79. The molecule has 0 saturated heterocycles. The molecule has 9 heteroatoms. The van der Waals surface area contributed by atoms with Gasteiger partial charge in [0.05, 0.1) is 16.4 Å². The second-order valence-electron chi connectivity index (χ2n) is 4.01. The zero-order chi connectivity index (χ0) is 14.7. The van der Waals surface area contributed by atoms with E-state index in [1.54, 1.807) is 19.2 Å². The minimum absolute atomic E-state index is 0.0494. The number of hydrogen-bond acceptors (Lipinski definition) is 6. The van der Waals surface area contributed by atoms with Gasteiger partial charge in [-0.05, 0) is 11.6 Å². The third kappa shape index (κ3) is 2.71. The van der Waals surface area contributed by atoms with E-state index in [4.69, 9.17) is 0 Å². The fourth-order valence-electron chi connectivity index (χ4n) is 1.76. The van der Waals surface area contributed by atoms with Gasteiger partial charge < -0.3 is 5.32 Å². The van der Waals surface area contributed by atoms with Gasteiger partial charge in [-0.25, -0.2) is 0 Å². The van der Waals surface area contributed by atoms with E-state index >= 15 is 0 Å². The van der Waals surface area contributed by atoms with E-state index in [0.717, 1.165) is 6.20 Å². The lowest BCUT2D eigenvalue weighted by molar-refractivity contribution is -0.385. The van der Waals surface area contributed by atoms with Gasteiger partial charge in [0.15, 0.2) is 0 Å². The molecular formula is C11H11N5O4. The Kier molecular flexibility index (Phi) is 3.60. The molecule has 9 nitrogen and oxygen atoms in total.